The Hall–Kier alpha value is -4.13. The smallest absolute Gasteiger partial charge is 0.338 e. The average molecular weight is 606 g/mol. The van der Waals surface area contributed by atoms with Crippen LogP contribution in [0.25, 0.3) is 10.9 Å². The molecule has 1 N–H and O–H groups in total. The minimum Gasteiger partial charge on any atom is -0.467 e. The second-order valence-electron chi connectivity index (χ2n) is 10.2. The summed E-state index contributed by atoms with van der Waals surface area (Å²) in [5.74, 6) is 0.879. The van der Waals surface area contributed by atoms with E-state index >= 15 is 0 Å². The summed E-state index contributed by atoms with van der Waals surface area (Å²) in [6.45, 7) is 3.71. The third-order valence-electron chi connectivity index (χ3n) is 7.25. The topological polar surface area (TPSA) is 131 Å². The second-order valence-corrected chi connectivity index (χ2v) is 11.1. The molecule has 12 heteroatoms. The Morgan fingerprint density at radius 3 is 2.88 bits per heavy atom. The number of thioether (sulfide) groups is 1. The van der Waals surface area contributed by atoms with Crippen LogP contribution in [0.4, 0.5) is 0 Å². The quantitative estimate of drug-likeness (QED) is 0.159. The van der Waals surface area contributed by atoms with E-state index in [2.05, 4.69) is 5.32 Å². The van der Waals surface area contributed by atoms with Crippen molar-refractivity contribution < 1.29 is 33.0 Å². The van der Waals surface area contributed by atoms with Gasteiger partial charge < -0.3 is 28.7 Å². The molecular formula is C31H31N3O8S. The van der Waals surface area contributed by atoms with Crippen molar-refractivity contribution in [2.45, 2.75) is 49.9 Å². The Morgan fingerprint density at radius 2 is 2.09 bits per heavy atom. The average Bonchev–Trinajstić information content (AvgIpc) is 3.75. The predicted octanol–water partition coefficient (Wildman–Crippen LogP) is 4.28. The lowest BCUT2D eigenvalue weighted by molar-refractivity contribution is -0.0169. The van der Waals surface area contributed by atoms with Crippen LogP contribution >= 0.6 is 11.8 Å². The minimum absolute atomic E-state index is 0.0166. The molecule has 0 bridgehead atoms. The second kappa shape index (κ2) is 13.0. The Balaban J connectivity index is 1.33. The molecule has 0 aliphatic carbocycles. The third-order valence-corrected chi connectivity index (χ3v) is 8.27. The van der Waals surface area contributed by atoms with Crippen LogP contribution in [0.2, 0.25) is 0 Å². The van der Waals surface area contributed by atoms with Gasteiger partial charge in [-0.3, -0.25) is 14.2 Å². The first-order chi connectivity index (χ1) is 21.0. The summed E-state index contributed by atoms with van der Waals surface area (Å²) in [5.41, 5.74) is 2.42. The molecule has 0 spiro atoms. The number of furan rings is 1. The number of esters is 1. The molecule has 2 aliphatic heterocycles. The molecule has 224 valence electrons. The van der Waals surface area contributed by atoms with Crippen molar-refractivity contribution in [1.29, 1.82) is 0 Å². The lowest BCUT2D eigenvalue weighted by atomic mass is 10.0. The van der Waals surface area contributed by atoms with Gasteiger partial charge in [0.25, 0.3) is 11.5 Å². The summed E-state index contributed by atoms with van der Waals surface area (Å²) >= 11 is 1.32. The van der Waals surface area contributed by atoms with E-state index in [9.17, 15) is 14.4 Å². The highest BCUT2D eigenvalue weighted by Crippen LogP contribution is 2.34. The number of carbonyl (C=O) groups is 2. The Labute approximate surface area is 251 Å². The largest absolute Gasteiger partial charge is 0.467 e. The number of fused-ring (bicyclic) bond motifs is 2. The highest BCUT2D eigenvalue weighted by molar-refractivity contribution is 7.98. The zero-order valence-electron chi connectivity index (χ0n) is 23.6. The van der Waals surface area contributed by atoms with Gasteiger partial charge in [0.15, 0.2) is 11.9 Å². The summed E-state index contributed by atoms with van der Waals surface area (Å²) in [6.07, 6.45) is 3.47. The molecule has 4 aromatic rings. The van der Waals surface area contributed by atoms with Gasteiger partial charge in [-0.1, -0.05) is 11.8 Å². The fraction of sp³-hybridized carbons (Fsp3) is 0.355. The van der Waals surface area contributed by atoms with Gasteiger partial charge in [0.2, 0.25) is 0 Å². The molecule has 43 heavy (non-hydrogen) atoms. The summed E-state index contributed by atoms with van der Waals surface area (Å²) in [4.78, 5) is 44.1. The van der Waals surface area contributed by atoms with E-state index in [0.29, 0.717) is 64.2 Å². The van der Waals surface area contributed by atoms with E-state index in [1.165, 1.54) is 11.8 Å². The summed E-state index contributed by atoms with van der Waals surface area (Å²) in [7, 11) is 0. The first-order valence-corrected chi connectivity index (χ1v) is 15.1. The lowest BCUT2D eigenvalue weighted by Gasteiger charge is -2.22. The number of amides is 1. The molecule has 1 unspecified atom stereocenters. The number of rotatable bonds is 10. The SMILES string of the molecule is CCOC(=O)c1cc2c(c(CSc3nc4cc(C(=O)NCC5CCCO5)ccc4c(=O)n3Cc3ccco3)c1)OCOC2. The number of aromatic nitrogens is 2. The van der Waals surface area contributed by atoms with Gasteiger partial charge >= 0.3 is 5.97 Å². The Kier molecular flexibility index (Phi) is 8.77. The predicted molar refractivity (Wildman–Crippen MR) is 157 cm³/mol. The number of hydrogen-bond acceptors (Lipinski definition) is 10. The molecule has 2 aromatic carbocycles. The molecular weight excluding hydrogens is 574 g/mol. The van der Waals surface area contributed by atoms with Crippen LogP contribution in [0.3, 0.4) is 0 Å². The summed E-state index contributed by atoms with van der Waals surface area (Å²) in [6, 6.07) is 11.9. The number of nitrogens with one attached hydrogen (secondary N) is 1. The fourth-order valence-electron chi connectivity index (χ4n) is 5.14. The van der Waals surface area contributed by atoms with Gasteiger partial charge in [0.05, 0.1) is 48.6 Å². The molecule has 11 nitrogen and oxygen atoms in total. The van der Waals surface area contributed by atoms with E-state index in [-0.39, 0.29) is 37.5 Å². The molecule has 0 saturated carbocycles. The monoisotopic (exact) mass is 605 g/mol. The maximum absolute atomic E-state index is 13.8. The van der Waals surface area contributed by atoms with E-state index in [4.69, 9.17) is 28.3 Å². The molecule has 1 amide bonds. The maximum Gasteiger partial charge on any atom is 0.338 e. The number of ether oxygens (including phenoxy) is 4. The van der Waals surface area contributed by atoms with Crippen molar-refractivity contribution >= 4 is 34.5 Å². The van der Waals surface area contributed by atoms with Crippen molar-refractivity contribution in [3.63, 3.8) is 0 Å². The standard InChI is InChI=1S/C31H31N3O8S/c1-2-39-30(37)20-11-21-16-38-18-42-27(21)22(12-20)17-43-31-33-26-13-19(28(35)32-14-23-5-3-9-40-23)7-8-25(26)29(36)34(31)15-24-6-4-10-41-24/h4,6-8,10-13,23H,2-3,5,9,14-18H2,1H3,(H,32,35). The number of benzene rings is 2. The zero-order valence-corrected chi connectivity index (χ0v) is 24.4. The fourth-order valence-corrected chi connectivity index (χ4v) is 6.11. The third kappa shape index (κ3) is 6.46. The molecule has 0 radical (unpaired) electrons. The molecule has 1 fully saturated rings. The number of nitrogens with zero attached hydrogens (tertiary/aromatic N) is 2. The molecule has 2 aliphatic rings. The normalized spacial score (nSPS) is 16.1. The number of hydrogen-bond donors (Lipinski definition) is 1. The van der Waals surface area contributed by atoms with Gasteiger partial charge in [-0.15, -0.1) is 0 Å². The highest BCUT2D eigenvalue weighted by atomic mass is 32.2. The van der Waals surface area contributed by atoms with Gasteiger partial charge in [-0.2, -0.15) is 0 Å². The van der Waals surface area contributed by atoms with E-state index in [1.807, 2.05) is 0 Å². The van der Waals surface area contributed by atoms with Crippen molar-refractivity contribution in [2.24, 2.45) is 0 Å². The highest BCUT2D eigenvalue weighted by Gasteiger charge is 2.22. The Morgan fingerprint density at radius 1 is 1.19 bits per heavy atom. The molecule has 1 saturated heterocycles. The van der Waals surface area contributed by atoms with Crippen molar-refractivity contribution in [2.75, 3.05) is 26.6 Å². The van der Waals surface area contributed by atoms with Crippen LogP contribution in [-0.4, -0.2) is 54.1 Å². The molecule has 4 heterocycles. The van der Waals surface area contributed by atoms with Crippen LogP contribution in [0.15, 0.2) is 63.1 Å². The van der Waals surface area contributed by atoms with E-state index in [0.717, 1.165) is 24.0 Å². The van der Waals surface area contributed by atoms with Crippen LogP contribution in [0.1, 0.15) is 57.4 Å². The van der Waals surface area contributed by atoms with Gasteiger partial charge in [-0.05, 0) is 62.2 Å². The van der Waals surface area contributed by atoms with Crippen LogP contribution in [0.5, 0.6) is 5.75 Å². The summed E-state index contributed by atoms with van der Waals surface area (Å²) < 4.78 is 29.2. The van der Waals surface area contributed by atoms with Gasteiger partial charge in [0.1, 0.15) is 11.5 Å². The van der Waals surface area contributed by atoms with Crippen LogP contribution in [0, 0.1) is 0 Å². The molecule has 6 rings (SSSR count). The van der Waals surface area contributed by atoms with Crippen molar-refractivity contribution in [3.8, 4) is 5.75 Å². The first kappa shape index (κ1) is 29.0. The van der Waals surface area contributed by atoms with E-state index in [1.54, 1.807) is 60.2 Å². The molecule has 1 atom stereocenters. The Bertz CT molecular complexity index is 1700. The first-order valence-electron chi connectivity index (χ1n) is 14.1. The lowest BCUT2D eigenvalue weighted by Crippen LogP contribution is -2.31. The molecule has 2 aromatic heterocycles. The van der Waals surface area contributed by atoms with E-state index < -0.39 is 5.97 Å². The zero-order chi connectivity index (χ0) is 29.8. The van der Waals surface area contributed by atoms with Gasteiger partial charge in [-0.25, -0.2) is 9.78 Å². The number of carbonyl (C=O) groups excluding carboxylic acids is 2. The van der Waals surface area contributed by atoms with Gasteiger partial charge in [0, 0.05) is 35.6 Å². The summed E-state index contributed by atoms with van der Waals surface area (Å²) in [5, 5.41) is 3.73. The van der Waals surface area contributed by atoms with Crippen LogP contribution < -0.4 is 15.6 Å². The minimum atomic E-state index is -0.439. The van der Waals surface area contributed by atoms with Crippen molar-refractivity contribution in [1.82, 2.24) is 14.9 Å². The van der Waals surface area contributed by atoms with Crippen molar-refractivity contribution in [3.05, 3.63) is 87.1 Å². The van der Waals surface area contributed by atoms with Crippen LogP contribution in [-0.2, 0) is 33.1 Å². The maximum atomic E-state index is 13.8.